The predicted octanol–water partition coefficient (Wildman–Crippen LogP) is 5.17. The topological polar surface area (TPSA) is 34.1 Å². The van der Waals surface area contributed by atoms with Crippen LogP contribution in [0.2, 0.25) is 10.0 Å². The average molecular weight is 305 g/mol. The van der Waals surface area contributed by atoms with Crippen molar-refractivity contribution in [2.75, 3.05) is 18.5 Å². The van der Waals surface area contributed by atoms with Crippen molar-refractivity contribution in [1.82, 2.24) is 4.98 Å². The van der Waals surface area contributed by atoms with Crippen LogP contribution in [0.15, 0.2) is 6.07 Å². The van der Waals surface area contributed by atoms with Gasteiger partial charge in [-0.25, -0.2) is 0 Å². The maximum atomic E-state index is 6.08. The summed E-state index contributed by atoms with van der Waals surface area (Å²) < 4.78 is 5.62. The summed E-state index contributed by atoms with van der Waals surface area (Å²) in [6.45, 7) is 5.73. The molecule has 0 aliphatic rings. The normalized spacial score (nSPS) is 10.5. The fraction of sp³-hybridized carbons (Fsp3) is 0.643. The molecule has 0 bridgehead atoms. The second-order valence-corrected chi connectivity index (χ2v) is 5.26. The molecule has 108 valence electrons. The highest BCUT2D eigenvalue weighted by Crippen LogP contribution is 2.30. The molecule has 0 aliphatic carbocycles. The van der Waals surface area contributed by atoms with Crippen molar-refractivity contribution < 1.29 is 4.74 Å². The number of nitrogens with one attached hydrogen (secondary N) is 1. The third kappa shape index (κ3) is 5.87. The molecule has 19 heavy (non-hydrogen) atoms. The quantitative estimate of drug-likeness (QED) is 0.639. The van der Waals surface area contributed by atoms with Crippen molar-refractivity contribution in [1.29, 1.82) is 0 Å². The molecule has 3 nitrogen and oxygen atoms in total. The van der Waals surface area contributed by atoms with Crippen LogP contribution in [0.3, 0.4) is 0 Å². The van der Waals surface area contributed by atoms with Crippen molar-refractivity contribution >= 4 is 29.0 Å². The van der Waals surface area contributed by atoms with Crippen LogP contribution in [-0.4, -0.2) is 18.1 Å². The number of pyridine rings is 1. The first-order valence-corrected chi connectivity index (χ1v) is 7.67. The smallest absolute Gasteiger partial charge is 0.234 e. The molecule has 1 aromatic heterocycles. The lowest BCUT2D eigenvalue weighted by Gasteiger charge is -2.11. The van der Waals surface area contributed by atoms with E-state index in [9.17, 15) is 0 Å². The Morgan fingerprint density at radius 1 is 1.11 bits per heavy atom. The fourth-order valence-corrected chi connectivity index (χ4v) is 2.10. The van der Waals surface area contributed by atoms with Crippen LogP contribution in [-0.2, 0) is 0 Å². The minimum Gasteiger partial charge on any atom is -0.477 e. The Bertz CT molecular complexity index is 386. The highest BCUT2D eigenvalue weighted by Gasteiger charge is 2.10. The predicted molar refractivity (Wildman–Crippen MR) is 82.7 cm³/mol. The summed E-state index contributed by atoms with van der Waals surface area (Å²) in [7, 11) is 0. The first-order valence-electron chi connectivity index (χ1n) is 6.91. The number of aromatic nitrogens is 1. The van der Waals surface area contributed by atoms with Gasteiger partial charge in [0.25, 0.3) is 0 Å². The molecule has 0 saturated heterocycles. The SMILES string of the molecule is CCCCCCOc1nc(NCCC)c(Cl)cc1Cl. The largest absolute Gasteiger partial charge is 0.477 e. The van der Waals surface area contributed by atoms with Crippen LogP contribution in [0.4, 0.5) is 5.82 Å². The monoisotopic (exact) mass is 304 g/mol. The molecule has 5 heteroatoms. The summed E-state index contributed by atoms with van der Waals surface area (Å²) in [5.74, 6) is 1.10. The first-order chi connectivity index (χ1) is 9.19. The highest BCUT2D eigenvalue weighted by molar-refractivity contribution is 6.36. The van der Waals surface area contributed by atoms with E-state index in [2.05, 4.69) is 24.1 Å². The highest BCUT2D eigenvalue weighted by atomic mass is 35.5. The number of nitrogens with zero attached hydrogens (tertiary/aromatic N) is 1. The summed E-state index contributed by atoms with van der Waals surface area (Å²) in [6, 6.07) is 1.68. The second kappa shape index (κ2) is 9.27. The van der Waals surface area contributed by atoms with Gasteiger partial charge in [-0.1, -0.05) is 56.3 Å². The lowest BCUT2D eigenvalue weighted by molar-refractivity contribution is 0.294. The van der Waals surface area contributed by atoms with Gasteiger partial charge in [0.15, 0.2) is 0 Å². The molecule has 0 atom stereocenters. The lowest BCUT2D eigenvalue weighted by Crippen LogP contribution is -2.05. The van der Waals surface area contributed by atoms with Gasteiger partial charge in [0, 0.05) is 6.54 Å². The summed E-state index contributed by atoms with van der Waals surface area (Å²) in [4.78, 5) is 4.33. The van der Waals surface area contributed by atoms with Crippen LogP contribution in [0.1, 0.15) is 46.0 Å². The number of halogens is 2. The van der Waals surface area contributed by atoms with Gasteiger partial charge < -0.3 is 10.1 Å². The Kier molecular flexibility index (Phi) is 7.99. The Labute approximate surface area is 125 Å². The molecule has 0 amide bonds. The average Bonchev–Trinajstić information content (AvgIpc) is 2.39. The Balaban J connectivity index is 2.56. The molecule has 0 saturated carbocycles. The van der Waals surface area contributed by atoms with Gasteiger partial charge >= 0.3 is 0 Å². The molecule has 0 aromatic carbocycles. The van der Waals surface area contributed by atoms with E-state index < -0.39 is 0 Å². The lowest BCUT2D eigenvalue weighted by atomic mass is 10.2. The summed E-state index contributed by atoms with van der Waals surface area (Å²) in [5.41, 5.74) is 0. The Morgan fingerprint density at radius 3 is 2.58 bits per heavy atom. The van der Waals surface area contributed by atoms with Gasteiger partial charge in [-0.3, -0.25) is 0 Å². The molecule has 0 spiro atoms. The zero-order valence-corrected chi connectivity index (χ0v) is 13.2. The summed E-state index contributed by atoms with van der Waals surface area (Å²) in [5, 5.41) is 4.14. The van der Waals surface area contributed by atoms with E-state index in [-0.39, 0.29) is 0 Å². The zero-order chi connectivity index (χ0) is 14.1. The molecular formula is C14H22Cl2N2O. The van der Waals surface area contributed by atoms with Crippen molar-refractivity contribution in [3.63, 3.8) is 0 Å². The van der Waals surface area contributed by atoms with E-state index in [4.69, 9.17) is 27.9 Å². The minimum atomic E-state index is 0.459. The van der Waals surface area contributed by atoms with E-state index in [1.165, 1.54) is 19.3 Å². The standard InChI is InChI=1S/C14H22Cl2N2O/c1-3-5-6-7-9-19-14-12(16)10-11(15)13(18-14)17-8-4-2/h10H,3-9H2,1-2H3,(H,17,18). The Hall–Kier alpha value is -0.670. The van der Waals surface area contributed by atoms with E-state index in [0.29, 0.717) is 28.3 Å². The van der Waals surface area contributed by atoms with E-state index in [1.54, 1.807) is 6.07 Å². The summed E-state index contributed by atoms with van der Waals surface area (Å²) >= 11 is 12.2. The van der Waals surface area contributed by atoms with Gasteiger partial charge in [-0.05, 0) is 18.9 Å². The van der Waals surface area contributed by atoms with Gasteiger partial charge in [0.05, 0.1) is 11.6 Å². The molecule has 0 aliphatic heterocycles. The van der Waals surface area contributed by atoms with Crippen LogP contribution in [0.25, 0.3) is 0 Å². The van der Waals surface area contributed by atoms with Crippen LogP contribution >= 0.6 is 23.2 Å². The van der Waals surface area contributed by atoms with Crippen LogP contribution in [0, 0.1) is 0 Å². The molecule has 1 heterocycles. The van der Waals surface area contributed by atoms with Crippen LogP contribution < -0.4 is 10.1 Å². The molecule has 1 aromatic rings. The van der Waals surface area contributed by atoms with E-state index in [0.717, 1.165) is 19.4 Å². The zero-order valence-electron chi connectivity index (χ0n) is 11.6. The molecule has 1 rings (SSSR count). The van der Waals surface area contributed by atoms with Crippen LogP contribution in [0.5, 0.6) is 5.88 Å². The number of ether oxygens (including phenoxy) is 1. The molecular weight excluding hydrogens is 283 g/mol. The van der Waals surface area contributed by atoms with Crippen molar-refractivity contribution in [3.05, 3.63) is 16.1 Å². The number of anilines is 1. The molecule has 0 unspecified atom stereocenters. The molecule has 0 fully saturated rings. The van der Waals surface area contributed by atoms with Gasteiger partial charge in [-0.2, -0.15) is 4.98 Å². The fourth-order valence-electron chi connectivity index (χ4n) is 1.62. The van der Waals surface area contributed by atoms with Gasteiger partial charge in [0.2, 0.25) is 5.88 Å². The molecule has 0 radical (unpaired) electrons. The van der Waals surface area contributed by atoms with Gasteiger partial charge in [0.1, 0.15) is 10.8 Å². The van der Waals surface area contributed by atoms with E-state index >= 15 is 0 Å². The third-order valence-corrected chi connectivity index (χ3v) is 3.24. The van der Waals surface area contributed by atoms with Crippen molar-refractivity contribution in [2.24, 2.45) is 0 Å². The minimum absolute atomic E-state index is 0.459. The van der Waals surface area contributed by atoms with Gasteiger partial charge in [-0.15, -0.1) is 0 Å². The third-order valence-electron chi connectivity index (χ3n) is 2.68. The van der Waals surface area contributed by atoms with Crippen molar-refractivity contribution in [2.45, 2.75) is 46.0 Å². The first kappa shape index (κ1) is 16.4. The van der Waals surface area contributed by atoms with E-state index in [1.807, 2.05) is 0 Å². The number of hydrogen-bond donors (Lipinski definition) is 1. The second-order valence-electron chi connectivity index (χ2n) is 4.44. The Morgan fingerprint density at radius 2 is 1.89 bits per heavy atom. The van der Waals surface area contributed by atoms with Crippen molar-refractivity contribution in [3.8, 4) is 5.88 Å². The summed E-state index contributed by atoms with van der Waals surface area (Å²) in [6.07, 6.45) is 5.64. The molecule has 1 N–H and O–H groups in total. The maximum absolute atomic E-state index is 6.08. The number of rotatable bonds is 9. The number of hydrogen-bond acceptors (Lipinski definition) is 3. The number of unbranched alkanes of at least 4 members (excludes halogenated alkanes) is 3. The maximum Gasteiger partial charge on any atom is 0.234 e.